The van der Waals surface area contributed by atoms with E-state index in [9.17, 15) is 24.0 Å². The second-order valence-corrected chi connectivity index (χ2v) is 7.54. The maximum Gasteiger partial charge on any atom is 0.379 e. The van der Waals surface area contributed by atoms with E-state index < -0.39 is 54.2 Å². The summed E-state index contributed by atoms with van der Waals surface area (Å²) in [5, 5.41) is 0.442. The lowest BCUT2D eigenvalue weighted by Gasteiger charge is -2.41. The van der Waals surface area contributed by atoms with Crippen molar-refractivity contribution in [2.45, 2.75) is 52.2 Å². The van der Waals surface area contributed by atoms with E-state index in [1.54, 1.807) is 31.2 Å². The first-order valence-electron chi connectivity index (χ1n) is 10.6. The zero-order valence-electron chi connectivity index (χ0n) is 19.1. The molecule has 0 spiro atoms. The molecular formula is C23H25NO10. The number of rotatable bonds is 7. The molecule has 11 nitrogen and oxygen atoms in total. The topological polar surface area (TPSA) is 136 Å². The highest BCUT2D eigenvalue weighted by molar-refractivity contribution is 6.43. The van der Waals surface area contributed by atoms with Crippen molar-refractivity contribution in [3.8, 4) is 0 Å². The summed E-state index contributed by atoms with van der Waals surface area (Å²) in [6.45, 7) is 4.95. The predicted molar refractivity (Wildman–Crippen MR) is 115 cm³/mol. The third kappa shape index (κ3) is 5.25. The fraction of sp³-hybridized carbons (Fsp3) is 0.435. The van der Waals surface area contributed by atoms with Crippen LogP contribution in [0.4, 0.5) is 0 Å². The number of hydrogen-bond donors (Lipinski definition) is 0. The Morgan fingerprint density at radius 1 is 0.941 bits per heavy atom. The Hall–Kier alpha value is -3.73. The Kier molecular flexibility index (Phi) is 7.67. The van der Waals surface area contributed by atoms with Gasteiger partial charge >= 0.3 is 23.9 Å². The first-order chi connectivity index (χ1) is 16.1. The van der Waals surface area contributed by atoms with Crippen LogP contribution in [0, 0.1) is 0 Å². The first kappa shape index (κ1) is 24.9. The number of carbonyl (C=O) groups excluding carboxylic acids is 5. The number of fused-ring (bicyclic) bond motifs is 1. The van der Waals surface area contributed by atoms with Gasteiger partial charge in [0.1, 0.15) is 0 Å². The molecule has 1 aromatic carbocycles. The van der Waals surface area contributed by atoms with Crippen molar-refractivity contribution < 1.29 is 47.7 Å². The molecule has 0 bridgehead atoms. The Morgan fingerprint density at radius 3 is 2.18 bits per heavy atom. The summed E-state index contributed by atoms with van der Waals surface area (Å²) in [6, 6.07) is 6.74. The lowest BCUT2D eigenvalue weighted by atomic mass is 10.0. The molecule has 1 fully saturated rings. The number of ether oxygens (including phenoxy) is 5. The molecule has 2 heterocycles. The van der Waals surface area contributed by atoms with Gasteiger partial charge in [-0.05, 0) is 13.0 Å². The summed E-state index contributed by atoms with van der Waals surface area (Å²) in [4.78, 5) is 60.2. The maximum absolute atomic E-state index is 12.7. The lowest BCUT2D eigenvalue weighted by Crippen LogP contribution is -2.55. The van der Waals surface area contributed by atoms with Crippen LogP contribution in [0.15, 0.2) is 30.5 Å². The minimum atomic E-state index is -1.24. The molecule has 1 aliphatic heterocycles. The number of benzene rings is 1. The van der Waals surface area contributed by atoms with E-state index in [-0.39, 0.29) is 18.8 Å². The van der Waals surface area contributed by atoms with E-state index in [1.807, 2.05) is 0 Å². The zero-order chi connectivity index (χ0) is 25.0. The van der Waals surface area contributed by atoms with Crippen LogP contribution in [0.25, 0.3) is 10.9 Å². The van der Waals surface area contributed by atoms with Gasteiger partial charge in [0.15, 0.2) is 24.5 Å². The van der Waals surface area contributed by atoms with Gasteiger partial charge in [-0.25, -0.2) is 4.79 Å². The van der Waals surface area contributed by atoms with Crippen LogP contribution in [-0.4, -0.2) is 65.8 Å². The molecular weight excluding hydrogens is 450 g/mol. The zero-order valence-corrected chi connectivity index (χ0v) is 19.1. The van der Waals surface area contributed by atoms with Gasteiger partial charge in [0.25, 0.3) is 5.78 Å². The summed E-state index contributed by atoms with van der Waals surface area (Å²) in [5.74, 6) is -3.89. The minimum absolute atomic E-state index is 0.0328. The van der Waals surface area contributed by atoms with Gasteiger partial charge in [-0.15, -0.1) is 0 Å². The molecule has 34 heavy (non-hydrogen) atoms. The second kappa shape index (κ2) is 10.5. The number of Topliss-reactive ketones (excluding diaryl/α,β-unsaturated/α-hetero) is 1. The van der Waals surface area contributed by atoms with Crippen molar-refractivity contribution in [3.63, 3.8) is 0 Å². The van der Waals surface area contributed by atoms with Gasteiger partial charge in [0.2, 0.25) is 0 Å². The molecule has 0 saturated carbocycles. The van der Waals surface area contributed by atoms with Gasteiger partial charge in [-0.1, -0.05) is 18.2 Å². The van der Waals surface area contributed by atoms with Crippen molar-refractivity contribution in [1.82, 2.24) is 4.57 Å². The monoisotopic (exact) mass is 475 g/mol. The van der Waals surface area contributed by atoms with Crippen molar-refractivity contribution in [2.24, 2.45) is 0 Å². The molecule has 0 unspecified atom stereocenters. The molecule has 1 saturated heterocycles. The third-order valence-electron chi connectivity index (χ3n) is 5.04. The third-order valence-corrected chi connectivity index (χ3v) is 5.04. The summed E-state index contributed by atoms with van der Waals surface area (Å²) < 4.78 is 28.3. The molecule has 1 aliphatic rings. The van der Waals surface area contributed by atoms with Crippen molar-refractivity contribution in [1.29, 1.82) is 0 Å². The normalized spacial score (nSPS) is 22.0. The van der Waals surface area contributed by atoms with E-state index >= 15 is 0 Å². The summed E-state index contributed by atoms with van der Waals surface area (Å²) in [5.41, 5.74) is 0.551. The Morgan fingerprint density at radius 2 is 1.56 bits per heavy atom. The minimum Gasteiger partial charge on any atom is -0.460 e. The highest BCUT2D eigenvalue weighted by Gasteiger charge is 2.48. The summed E-state index contributed by atoms with van der Waals surface area (Å²) in [7, 11) is 0. The van der Waals surface area contributed by atoms with E-state index in [1.165, 1.54) is 31.5 Å². The number of carbonyl (C=O) groups is 5. The number of ketones is 1. The number of para-hydroxylation sites is 1. The van der Waals surface area contributed by atoms with Gasteiger partial charge in [0.05, 0.1) is 24.3 Å². The van der Waals surface area contributed by atoms with Crippen molar-refractivity contribution in [2.75, 3.05) is 13.2 Å². The quantitative estimate of drug-likeness (QED) is 0.252. The molecule has 0 aliphatic carbocycles. The van der Waals surface area contributed by atoms with E-state index in [2.05, 4.69) is 0 Å². The molecule has 2 aromatic rings. The lowest BCUT2D eigenvalue weighted by molar-refractivity contribution is -0.239. The maximum atomic E-state index is 12.7. The van der Waals surface area contributed by atoms with Gasteiger partial charge in [0, 0.05) is 32.4 Å². The fourth-order valence-electron chi connectivity index (χ4n) is 3.86. The molecule has 11 heteroatoms. The SMILES string of the molecule is CCOC(=O)C(=O)c1cn([C@@H]2OC[C@H](OC(C)=O)[C@@H](OC(C)=O)[C@H]2OC(C)=O)c2ccccc12. The predicted octanol–water partition coefficient (Wildman–Crippen LogP) is 1.71. The van der Waals surface area contributed by atoms with Crippen LogP contribution < -0.4 is 0 Å². The van der Waals surface area contributed by atoms with Gasteiger partial charge in [-0.3, -0.25) is 19.2 Å². The highest BCUT2D eigenvalue weighted by Crippen LogP contribution is 2.35. The highest BCUT2D eigenvalue weighted by atomic mass is 16.6. The summed E-state index contributed by atoms with van der Waals surface area (Å²) in [6.07, 6.45) is -3.14. The van der Waals surface area contributed by atoms with E-state index in [0.29, 0.717) is 10.9 Å². The standard InChI is InChI=1S/C23H25NO10/c1-5-30-23(29)19(28)16-10-24(17-9-7-6-8-15(16)17)22-21(34-14(4)27)20(33-13(3)26)18(11-31-22)32-12(2)25/h6-10,18,20-22H,5,11H2,1-4H3/t18-,20+,21+,22+/m0/s1. The average molecular weight is 475 g/mol. The van der Waals surface area contributed by atoms with Crippen molar-refractivity contribution >= 4 is 40.6 Å². The van der Waals surface area contributed by atoms with Crippen LogP contribution in [0.5, 0.6) is 0 Å². The van der Waals surface area contributed by atoms with E-state index in [4.69, 9.17) is 23.7 Å². The Balaban J connectivity index is 2.11. The number of hydrogen-bond acceptors (Lipinski definition) is 10. The van der Waals surface area contributed by atoms with Crippen LogP contribution in [0.3, 0.4) is 0 Å². The molecule has 3 rings (SSSR count). The number of nitrogens with zero attached hydrogens (tertiary/aromatic N) is 1. The second-order valence-electron chi connectivity index (χ2n) is 7.54. The van der Waals surface area contributed by atoms with Crippen LogP contribution >= 0.6 is 0 Å². The summed E-state index contributed by atoms with van der Waals surface area (Å²) >= 11 is 0. The van der Waals surface area contributed by atoms with Gasteiger partial charge < -0.3 is 28.3 Å². The van der Waals surface area contributed by atoms with Crippen LogP contribution in [0.2, 0.25) is 0 Å². The smallest absolute Gasteiger partial charge is 0.379 e. The average Bonchev–Trinajstić information content (AvgIpc) is 3.14. The molecule has 0 N–H and O–H groups in total. The molecule has 0 radical (unpaired) electrons. The number of aromatic nitrogens is 1. The van der Waals surface area contributed by atoms with E-state index in [0.717, 1.165) is 0 Å². The largest absolute Gasteiger partial charge is 0.460 e. The molecule has 182 valence electrons. The van der Waals surface area contributed by atoms with Gasteiger partial charge in [-0.2, -0.15) is 0 Å². The van der Waals surface area contributed by atoms with Crippen LogP contribution in [-0.2, 0) is 42.9 Å². The van der Waals surface area contributed by atoms with Crippen LogP contribution in [0.1, 0.15) is 44.3 Å². The molecule has 0 amide bonds. The number of esters is 4. The van der Waals surface area contributed by atoms with Crippen molar-refractivity contribution in [3.05, 3.63) is 36.0 Å². The first-order valence-corrected chi connectivity index (χ1v) is 10.6. The Bertz CT molecular complexity index is 1120. The Labute approximate surface area is 194 Å². The molecule has 1 aromatic heterocycles. The molecule has 4 atom stereocenters. The fourth-order valence-corrected chi connectivity index (χ4v) is 3.86.